The van der Waals surface area contributed by atoms with Gasteiger partial charge in [-0.2, -0.15) is 0 Å². The summed E-state index contributed by atoms with van der Waals surface area (Å²) in [4.78, 5) is 37.4. The van der Waals surface area contributed by atoms with Crippen molar-refractivity contribution in [1.29, 1.82) is 0 Å². The van der Waals surface area contributed by atoms with Crippen LogP contribution in [-0.4, -0.2) is 24.0 Å². The van der Waals surface area contributed by atoms with Crippen LogP contribution in [0.2, 0.25) is 0 Å². The molecule has 1 atom stereocenters. The predicted octanol–water partition coefficient (Wildman–Crippen LogP) is 3.93. The van der Waals surface area contributed by atoms with E-state index in [1.54, 1.807) is 6.92 Å². The molecule has 0 saturated carbocycles. The van der Waals surface area contributed by atoms with Gasteiger partial charge in [-0.15, -0.1) is 0 Å². The van der Waals surface area contributed by atoms with E-state index in [-0.39, 0.29) is 11.3 Å². The normalized spacial score (nSPS) is 16.5. The van der Waals surface area contributed by atoms with E-state index in [1.807, 2.05) is 32.0 Å². The van der Waals surface area contributed by atoms with E-state index in [4.69, 9.17) is 4.74 Å². The standard InChI is InChI=1S/C21H21N3O5/c1-12-5-10-17(13(2)11-12)23-14(3)18(20(25)29-4)19(22-21(23)26)15-6-8-16(9-7-15)24(27)28/h5-11,19H,1-4H3,(H,22,26)/t19-/m0/s1. The van der Waals surface area contributed by atoms with Gasteiger partial charge in [-0.05, 0) is 50.1 Å². The molecule has 0 bridgehead atoms. The van der Waals surface area contributed by atoms with Gasteiger partial charge in [-0.1, -0.05) is 17.7 Å². The summed E-state index contributed by atoms with van der Waals surface area (Å²) in [5.74, 6) is -0.583. The number of hydrogen-bond donors (Lipinski definition) is 1. The summed E-state index contributed by atoms with van der Waals surface area (Å²) in [6.07, 6.45) is 0. The van der Waals surface area contributed by atoms with Crippen LogP contribution < -0.4 is 10.2 Å². The number of nitro groups is 1. The molecule has 1 aliphatic heterocycles. The maximum absolute atomic E-state index is 13.0. The van der Waals surface area contributed by atoms with Crippen LogP contribution in [0.5, 0.6) is 0 Å². The first kappa shape index (κ1) is 20.1. The van der Waals surface area contributed by atoms with Crippen LogP contribution >= 0.6 is 0 Å². The summed E-state index contributed by atoms with van der Waals surface area (Å²) < 4.78 is 4.96. The highest BCUT2D eigenvalue weighted by Crippen LogP contribution is 2.35. The molecule has 2 amide bonds. The number of aryl methyl sites for hydroxylation is 2. The maximum Gasteiger partial charge on any atom is 0.337 e. The van der Waals surface area contributed by atoms with Crippen LogP contribution in [-0.2, 0) is 9.53 Å². The minimum Gasteiger partial charge on any atom is -0.466 e. The van der Waals surface area contributed by atoms with Crippen molar-refractivity contribution in [3.8, 4) is 0 Å². The second-order valence-corrected chi connectivity index (χ2v) is 6.85. The number of non-ortho nitro benzene ring substituents is 1. The van der Waals surface area contributed by atoms with E-state index in [0.29, 0.717) is 16.9 Å². The lowest BCUT2D eigenvalue weighted by atomic mass is 9.94. The molecule has 2 aromatic carbocycles. The number of methoxy groups -OCH3 is 1. The molecule has 0 fully saturated rings. The quantitative estimate of drug-likeness (QED) is 0.480. The average Bonchev–Trinajstić information content (AvgIpc) is 2.68. The number of benzene rings is 2. The van der Waals surface area contributed by atoms with Crippen molar-refractivity contribution in [2.24, 2.45) is 0 Å². The molecule has 8 nitrogen and oxygen atoms in total. The Labute approximate surface area is 167 Å². The lowest BCUT2D eigenvalue weighted by Crippen LogP contribution is -2.48. The number of nitro benzene ring substituents is 1. The van der Waals surface area contributed by atoms with E-state index in [0.717, 1.165) is 11.1 Å². The molecule has 0 spiro atoms. The number of amides is 2. The fourth-order valence-corrected chi connectivity index (χ4v) is 3.50. The smallest absolute Gasteiger partial charge is 0.337 e. The first-order valence-corrected chi connectivity index (χ1v) is 8.96. The zero-order valence-electron chi connectivity index (χ0n) is 16.6. The van der Waals surface area contributed by atoms with E-state index >= 15 is 0 Å². The number of urea groups is 1. The molecule has 0 aromatic heterocycles. The van der Waals surface area contributed by atoms with Crippen LogP contribution in [0.1, 0.15) is 29.7 Å². The highest BCUT2D eigenvalue weighted by Gasteiger charge is 2.37. The number of hydrogen-bond acceptors (Lipinski definition) is 5. The van der Waals surface area contributed by atoms with E-state index < -0.39 is 23.0 Å². The Hall–Kier alpha value is -3.68. The molecule has 0 radical (unpaired) electrons. The largest absolute Gasteiger partial charge is 0.466 e. The highest BCUT2D eigenvalue weighted by atomic mass is 16.6. The number of anilines is 1. The third kappa shape index (κ3) is 3.69. The zero-order chi connectivity index (χ0) is 21.3. The van der Waals surface area contributed by atoms with Crippen molar-refractivity contribution in [2.75, 3.05) is 12.0 Å². The summed E-state index contributed by atoms with van der Waals surface area (Å²) in [5.41, 5.74) is 3.78. The zero-order valence-corrected chi connectivity index (χ0v) is 16.6. The van der Waals surface area contributed by atoms with Gasteiger partial charge in [0.15, 0.2) is 0 Å². The Morgan fingerprint density at radius 3 is 2.34 bits per heavy atom. The number of nitrogens with zero attached hydrogens (tertiary/aromatic N) is 2. The van der Waals surface area contributed by atoms with Gasteiger partial charge < -0.3 is 10.1 Å². The van der Waals surface area contributed by atoms with Crippen LogP contribution in [0.25, 0.3) is 0 Å². The Morgan fingerprint density at radius 1 is 1.14 bits per heavy atom. The predicted molar refractivity (Wildman–Crippen MR) is 107 cm³/mol. The molecule has 2 aromatic rings. The van der Waals surface area contributed by atoms with Crippen molar-refractivity contribution >= 4 is 23.4 Å². The van der Waals surface area contributed by atoms with Gasteiger partial charge in [0, 0.05) is 17.8 Å². The first-order valence-electron chi connectivity index (χ1n) is 8.96. The summed E-state index contributed by atoms with van der Waals surface area (Å²) in [5, 5.41) is 13.7. The maximum atomic E-state index is 13.0. The first-order chi connectivity index (χ1) is 13.7. The molecule has 0 saturated heterocycles. The minimum absolute atomic E-state index is 0.0758. The lowest BCUT2D eigenvalue weighted by Gasteiger charge is -2.36. The van der Waals surface area contributed by atoms with Gasteiger partial charge in [-0.25, -0.2) is 9.59 Å². The molecule has 8 heteroatoms. The summed E-state index contributed by atoms with van der Waals surface area (Å²) in [6.45, 7) is 5.53. The van der Waals surface area contributed by atoms with Gasteiger partial charge in [0.05, 0.1) is 29.3 Å². The summed E-state index contributed by atoms with van der Waals surface area (Å²) >= 11 is 0. The Balaban J connectivity index is 2.13. The summed E-state index contributed by atoms with van der Waals surface area (Å²) in [7, 11) is 1.27. The molecule has 0 unspecified atom stereocenters. The number of carbonyl (C=O) groups is 2. The molecule has 3 rings (SSSR count). The van der Waals surface area contributed by atoms with Crippen LogP contribution in [0.15, 0.2) is 53.7 Å². The number of carbonyl (C=O) groups excluding carboxylic acids is 2. The monoisotopic (exact) mass is 395 g/mol. The topological polar surface area (TPSA) is 102 Å². The Kier molecular flexibility index (Phi) is 5.36. The highest BCUT2D eigenvalue weighted by molar-refractivity contribution is 6.03. The fraction of sp³-hybridized carbons (Fsp3) is 0.238. The van der Waals surface area contributed by atoms with Gasteiger partial charge in [0.25, 0.3) is 5.69 Å². The summed E-state index contributed by atoms with van der Waals surface area (Å²) in [6, 6.07) is 10.2. The second kappa shape index (κ2) is 7.75. The van der Waals surface area contributed by atoms with E-state index in [9.17, 15) is 19.7 Å². The number of rotatable bonds is 4. The molecule has 1 heterocycles. The van der Waals surface area contributed by atoms with Crippen LogP contribution in [0.3, 0.4) is 0 Å². The van der Waals surface area contributed by atoms with Crippen molar-refractivity contribution in [3.63, 3.8) is 0 Å². The Morgan fingerprint density at radius 2 is 1.79 bits per heavy atom. The van der Waals surface area contributed by atoms with E-state index in [2.05, 4.69) is 5.32 Å². The average molecular weight is 395 g/mol. The molecule has 0 aliphatic carbocycles. The van der Waals surface area contributed by atoms with Gasteiger partial charge in [0.2, 0.25) is 0 Å². The van der Waals surface area contributed by atoms with Crippen LogP contribution in [0.4, 0.5) is 16.2 Å². The minimum atomic E-state index is -0.780. The fourth-order valence-electron chi connectivity index (χ4n) is 3.50. The van der Waals surface area contributed by atoms with Crippen molar-refractivity contribution in [1.82, 2.24) is 5.32 Å². The SMILES string of the molecule is COC(=O)C1=C(C)N(c2ccc(C)cc2C)C(=O)N[C@H]1c1ccc([N+](=O)[O-])cc1. The van der Waals surface area contributed by atoms with Crippen molar-refractivity contribution in [2.45, 2.75) is 26.8 Å². The number of ether oxygens (including phenoxy) is 1. The third-order valence-electron chi connectivity index (χ3n) is 4.92. The van der Waals surface area contributed by atoms with E-state index in [1.165, 1.54) is 36.3 Å². The number of allylic oxidation sites excluding steroid dienone is 1. The van der Waals surface area contributed by atoms with Gasteiger partial charge >= 0.3 is 12.0 Å². The number of nitrogens with one attached hydrogen (secondary N) is 1. The lowest BCUT2D eigenvalue weighted by molar-refractivity contribution is -0.384. The molecule has 1 aliphatic rings. The Bertz CT molecular complexity index is 1030. The van der Waals surface area contributed by atoms with Crippen molar-refractivity contribution in [3.05, 3.63) is 80.5 Å². The van der Waals surface area contributed by atoms with Crippen molar-refractivity contribution < 1.29 is 19.2 Å². The molecular weight excluding hydrogens is 374 g/mol. The second-order valence-electron chi connectivity index (χ2n) is 6.85. The molecule has 150 valence electrons. The molecule has 1 N–H and O–H groups in total. The van der Waals surface area contributed by atoms with Crippen LogP contribution in [0, 0.1) is 24.0 Å². The van der Waals surface area contributed by atoms with Gasteiger partial charge in [0.1, 0.15) is 0 Å². The molecular formula is C21H21N3O5. The number of esters is 1. The molecule has 29 heavy (non-hydrogen) atoms. The third-order valence-corrected chi connectivity index (χ3v) is 4.92. The van der Waals surface area contributed by atoms with Gasteiger partial charge in [-0.3, -0.25) is 15.0 Å².